The minimum absolute atomic E-state index is 0.165. The molecule has 0 spiro atoms. The second-order valence-electron chi connectivity index (χ2n) is 8.00. The number of nitrogens with zero attached hydrogens (tertiary/aromatic N) is 1. The van der Waals surface area contributed by atoms with Gasteiger partial charge in [-0.15, -0.1) is 0 Å². The van der Waals surface area contributed by atoms with Gasteiger partial charge < -0.3 is 23.5 Å². The SMILES string of the molecule is COc1cc2c(ccc3c4ccc(OC)c(OC)c4c(=O)n(C)c23)c(-c2ccccc2)c1OC. The van der Waals surface area contributed by atoms with E-state index in [1.807, 2.05) is 54.6 Å². The molecule has 0 atom stereocenters. The highest BCUT2D eigenvalue weighted by atomic mass is 16.5. The first kappa shape index (κ1) is 21.6. The Bertz CT molecular complexity index is 1620. The summed E-state index contributed by atoms with van der Waals surface area (Å²) >= 11 is 0. The summed E-state index contributed by atoms with van der Waals surface area (Å²) in [4.78, 5) is 13.6. The van der Waals surface area contributed by atoms with Crippen molar-refractivity contribution in [3.8, 4) is 34.1 Å². The van der Waals surface area contributed by atoms with Gasteiger partial charge in [-0.25, -0.2) is 0 Å². The summed E-state index contributed by atoms with van der Waals surface area (Å²) in [6.45, 7) is 0. The summed E-state index contributed by atoms with van der Waals surface area (Å²) in [5, 5.41) is 4.07. The number of ether oxygens (including phenoxy) is 4. The van der Waals surface area contributed by atoms with E-state index in [4.69, 9.17) is 18.9 Å². The topological polar surface area (TPSA) is 58.9 Å². The number of benzene rings is 4. The van der Waals surface area contributed by atoms with Gasteiger partial charge in [0.25, 0.3) is 5.56 Å². The average Bonchev–Trinajstić information content (AvgIpc) is 2.89. The predicted molar refractivity (Wildman–Crippen MR) is 136 cm³/mol. The minimum Gasteiger partial charge on any atom is -0.493 e. The smallest absolute Gasteiger partial charge is 0.262 e. The molecule has 0 unspecified atom stereocenters. The number of aryl methyl sites for hydroxylation is 1. The zero-order valence-electron chi connectivity index (χ0n) is 19.8. The van der Waals surface area contributed by atoms with Gasteiger partial charge in [0.1, 0.15) is 0 Å². The predicted octanol–water partition coefficient (Wildman–Crippen LogP) is 5.55. The van der Waals surface area contributed by atoms with Gasteiger partial charge in [0.05, 0.1) is 39.3 Å². The molecular formula is C28H25NO5. The molecule has 0 aliphatic rings. The number of hydrogen-bond donors (Lipinski definition) is 0. The van der Waals surface area contributed by atoms with Crippen molar-refractivity contribution in [1.82, 2.24) is 4.57 Å². The first-order valence-corrected chi connectivity index (χ1v) is 10.9. The van der Waals surface area contributed by atoms with E-state index in [0.717, 1.165) is 38.2 Å². The second kappa shape index (κ2) is 8.30. The molecule has 0 radical (unpaired) electrons. The molecule has 34 heavy (non-hydrogen) atoms. The van der Waals surface area contributed by atoms with E-state index >= 15 is 0 Å². The maximum Gasteiger partial charge on any atom is 0.262 e. The van der Waals surface area contributed by atoms with Crippen LogP contribution < -0.4 is 24.5 Å². The van der Waals surface area contributed by atoms with Crippen LogP contribution in [0.15, 0.2) is 65.5 Å². The molecule has 1 heterocycles. The van der Waals surface area contributed by atoms with Gasteiger partial charge in [-0.05, 0) is 29.1 Å². The molecule has 0 aliphatic heterocycles. The monoisotopic (exact) mass is 455 g/mol. The number of pyridine rings is 1. The molecule has 1 aromatic heterocycles. The van der Waals surface area contributed by atoms with Crippen molar-refractivity contribution in [2.24, 2.45) is 7.05 Å². The lowest BCUT2D eigenvalue weighted by atomic mass is 9.93. The zero-order valence-corrected chi connectivity index (χ0v) is 19.8. The molecule has 6 nitrogen and oxygen atoms in total. The lowest BCUT2D eigenvalue weighted by molar-refractivity contribution is 0.357. The van der Waals surface area contributed by atoms with Gasteiger partial charge in [-0.2, -0.15) is 0 Å². The lowest BCUT2D eigenvalue weighted by Gasteiger charge is -2.19. The van der Waals surface area contributed by atoms with Crippen molar-refractivity contribution >= 4 is 32.4 Å². The summed E-state index contributed by atoms with van der Waals surface area (Å²) in [5.74, 6) is 2.20. The van der Waals surface area contributed by atoms with Crippen molar-refractivity contribution in [3.63, 3.8) is 0 Å². The van der Waals surface area contributed by atoms with Gasteiger partial charge >= 0.3 is 0 Å². The maximum atomic E-state index is 13.6. The standard InChI is InChI=1S/C28H25NO5/c1-29-25-19(17-13-14-21(31-2)26(33-4)24(17)28(29)30)12-11-18-20(25)15-22(32-3)27(34-5)23(18)16-9-7-6-8-10-16/h6-15H,1-5H3. The van der Waals surface area contributed by atoms with Crippen molar-refractivity contribution in [2.75, 3.05) is 28.4 Å². The second-order valence-corrected chi connectivity index (χ2v) is 8.00. The molecule has 6 heteroatoms. The van der Waals surface area contributed by atoms with Crippen molar-refractivity contribution in [3.05, 3.63) is 71.0 Å². The van der Waals surface area contributed by atoms with Crippen molar-refractivity contribution < 1.29 is 18.9 Å². The molecule has 0 bridgehead atoms. The third-order valence-corrected chi connectivity index (χ3v) is 6.39. The van der Waals surface area contributed by atoms with Crippen LogP contribution >= 0.6 is 0 Å². The van der Waals surface area contributed by atoms with Crippen LogP contribution in [0, 0.1) is 0 Å². The summed E-state index contributed by atoms with van der Waals surface area (Å²) in [6, 6.07) is 19.8. The lowest BCUT2D eigenvalue weighted by Crippen LogP contribution is -2.18. The van der Waals surface area contributed by atoms with E-state index in [0.29, 0.717) is 28.4 Å². The van der Waals surface area contributed by atoms with E-state index in [2.05, 4.69) is 6.07 Å². The van der Waals surface area contributed by atoms with Gasteiger partial charge in [-0.1, -0.05) is 42.5 Å². The van der Waals surface area contributed by atoms with Crippen molar-refractivity contribution in [1.29, 1.82) is 0 Å². The van der Waals surface area contributed by atoms with Gasteiger partial charge in [0.2, 0.25) is 0 Å². The molecule has 5 rings (SSSR count). The number of aromatic nitrogens is 1. The van der Waals surface area contributed by atoms with E-state index in [-0.39, 0.29) is 5.56 Å². The van der Waals surface area contributed by atoms with E-state index in [9.17, 15) is 4.79 Å². The Morgan fingerprint density at radius 3 is 1.94 bits per heavy atom. The van der Waals surface area contributed by atoms with Crippen LogP contribution in [0.3, 0.4) is 0 Å². The fourth-order valence-electron chi connectivity index (χ4n) is 4.87. The van der Waals surface area contributed by atoms with Crippen LogP contribution in [-0.4, -0.2) is 33.0 Å². The number of rotatable bonds is 5. The van der Waals surface area contributed by atoms with Gasteiger partial charge in [0.15, 0.2) is 23.0 Å². The van der Waals surface area contributed by atoms with Gasteiger partial charge in [-0.3, -0.25) is 4.79 Å². The first-order chi connectivity index (χ1) is 16.5. The summed E-state index contributed by atoms with van der Waals surface area (Å²) in [7, 11) is 8.15. The molecule has 0 N–H and O–H groups in total. The Hall–Kier alpha value is -4.19. The Morgan fingerprint density at radius 2 is 1.29 bits per heavy atom. The first-order valence-electron chi connectivity index (χ1n) is 10.9. The average molecular weight is 456 g/mol. The quantitative estimate of drug-likeness (QED) is 0.326. The molecule has 0 fully saturated rings. The number of fused-ring (bicyclic) bond motifs is 5. The van der Waals surface area contributed by atoms with Crippen LogP contribution in [-0.2, 0) is 7.05 Å². The van der Waals surface area contributed by atoms with Crippen molar-refractivity contribution in [2.45, 2.75) is 0 Å². The number of hydrogen-bond acceptors (Lipinski definition) is 5. The molecule has 0 saturated heterocycles. The third kappa shape index (κ3) is 2.99. The summed E-state index contributed by atoms with van der Waals surface area (Å²) in [5.41, 5.74) is 2.56. The zero-order chi connectivity index (χ0) is 24.0. The van der Waals surface area contributed by atoms with E-state index in [1.54, 1.807) is 40.1 Å². The molecule has 4 aromatic carbocycles. The minimum atomic E-state index is -0.165. The fourth-order valence-corrected chi connectivity index (χ4v) is 4.87. The van der Waals surface area contributed by atoms with Crippen LogP contribution in [0.2, 0.25) is 0 Å². The van der Waals surface area contributed by atoms with Crippen LogP contribution in [0.25, 0.3) is 43.6 Å². The third-order valence-electron chi connectivity index (χ3n) is 6.39. The highest BCUT2D eigenvalue weighted by Crippen LogP contribution is 2.46. The Morgan fingerprint density at radius 1 is 0.647 bits per heavy atom. The van der Waals surface area contributed by atoms with Crippen LogP contribution in [0.1, 0.15) is 0 Å². The fraction of sp³-hybridized carbons (Fsp3) is 0.179. The van der Waals surface area contributed by atoms with Crippen LogP contribution in [0.4, 0.5) is 0 Å². The highest BCUT2D eigenvalue weighted by molar-refractivity contribution is 6.19. The van der Waals surface area contributed by atoms with Gasteiger partial charge in [0, 0.05) is 28.8 Å². The summed E-state index contributed by atoms with van der Waals surface area (Å²) in [6.07, 6.45) is 0. The van der Waals surface area contributed by atoms with E-state index in [1.165, 1.54) is 0 Å². The highest BCUT2D eigenvalue weighted by Gasteiger charge is 2.22. The Kier molecular flexibility index (Phi) is 5.28. The molecule has 0 saturated carbocycles. The Balaban J connectivity index is 2.03. The largest absolute Gasteiger partial charge is 0.493 e. The maximum absolute atomic E-state index is 13.6. The Labute approximate surface area is 196 Å². The van der Waals surface area contributed by atoms with Crippen LogP contribution in [0.5, 0.6) is 23.0 Å². The summed E-state index contributed by atoms with van der Waals surface area (Å²) < 4.78 is 24.2. The van der Waals surface area contributed by atoms with E-state index < -0.39 is 0 Å². The molecule has 0 amide bonds. The molecule has 0 aliphatic carbocycles. The molecule has 5 aromatic rings. The molecule has 172 valence electrons. The molecular weight excluding hydrogens is 430 g/mol. The number of methoxy groups -OCH3 is 4. The normalized spacial score (nSPS) is 11.2.